The van der Waals surface area contributed by atoms with Crippen molar-refractivity contribution in [1.29, 1.82) is 0 Å². The normalized spacial score (nSPS) is 12.5. The Morgan fingerprint density at radius 3 is 2.72 bits per heavy atom. The van der Waals surface area contributed by atoms with E-state index in [2.05, 4.69) is 52.3 Å². The molecule has 0 aromatic heterocycles. The fraction of sp³-hybridized carbons (Fsp3) is 0.571. The van der Waals surface area contributed by atoms with Gasteiger partial charge in [0.1, 0.15) is 0 Å². The number of nitrogens with two attached hydrogens (primary N) is 1. The fourth-order valence-corrected chi connectivity index (χ4v) is 3.07. The van der Waals surface area contributed by atoms with E-state index in [-0.39, 0.29) is 6.04 Å². The zero-order chi connectivity index (χ0) is 13.5. The van der Waals surface area contributed by atoms with E-state index in [4.69, 9.17) is 5.73 Å². The smallest absolute Gasteiger partial charge is 0.0508 e. The summed E-state index contributed by atoms with van der Waals surface area (Å²) in [7, 11) is 2.14. The molecule has 2 nitrogen and oxygen atoms in total. The van der Waals surface area contributed by atoms with Crippen LogP contribution in [0.25, 0.3) is 0 Å². The standard InChI is InChI=1S/C14H23BrN2S/c1-11(16)9-12-5-6-14(13(15)10-12)17(2)7-4-8-18-3/h5-6,10-11H,4,7-9,16H2,1-3H3. The van der Waals surface area contributed by atoms with Crippen LogP contribution in [0.2, 0.25) is 0 Å². The first-order valence-electron chi connectivity index (χ1n) is 6.28. The van der Waals surface area contributed by atoms with Gasteiger partial charge in [-0.1, -0.05) is 6.07 Å². The third kappa shape index (κ3) is 5.21. The highest BCUT2D eigenvalue weighted by Gasteiger charge is 2.07. The number of hydrogen-bond acceptors (Lipinski definition) is 3. The number of thioether (sulfide) groups is 1. The molecule has 1 aromatic carbocycles. The highest BCUT2D eigenvalue weighted by Crippen LogP contribution is 2.27. The second-order valence-corrected chi connectivity index (χ2v) is 6.58. The van der Waals surface area contributed by atoms with E-state index in [1.807, 2.05) is 18.7 Å². The van der Waals surface area contributed by atoms with Gasteiger partial charge in [0.05, 0.1) is 5.69 Å². The molecule has 0 spiro atoms. The molecule has 0 aliphatic carbocycles. The lowest BCUT2D eigenvalue weighted by molar-refractivity contribution is 0.737. The minimum Gasteiger partial charge on any atom is -0.374 e. The van der Waals surface area contributed by atoms with Gasteiger partial charge in [0.15, 0.2) is 0 Å². The first-order chi connectivity index (χ1) is 8.54. The lowest BCUT2D eigenvalue weighted by Gasteiger charge is -2.21. The van der Waals surface area contributed by atoms with Crippen LogP contribution in [0, 0.1) is 0 Å². The second kappa shape index (κ2) is 8.08. The number of benzene rings is 1. The molecule has 1 aromatic rings. The molecule has 0 heterocycles. The van der Waals surface area contributed by atoms with E-state index >= 15 is 0 Å². The summed E-state index contributed by atoms with van der Waals surface area (Å²) in [4.78, 5) is 2.30. The molecule has 4 heteroatoms. The summed E-state index contributed by atoms with van der Waals surface area (Å²) in [6.45, 7) is 3.13. The van der Waals surface area contributed by atoms with Crippen molar-refractivity contribution in [2.75, 3.05) is 30.5 Å². The van der Waals surface area contributed by atoms with Gasteiger partial charge in [0.2, 0.25) is 0 Å². The van der Waals surface area contributed by atoms with Gasteiger partial charge in [-0.15, -0.1) is 0 Å². The van der Waals surface area contributed by atoms with E-state index in [0.29, 0.717) is 0 Å². The van der Waals surface area contributed by atoms with Crippen LogP contribution in [0.1, 0.15) is 18.9 Å². The number of anilines is 1. The van der Waals surface area contributed by atoms with Gasteiger partial charge in [-0.2, -0.15) is 11.8 Å². The topological polar surface area (TPSA) is 29.3 Å². The molecule has 102 valence electrons. The van der Waals surface area contributed by atoms with E-state index < -0.39 is 0 Å². The first kappa shape index (κ1) is 15.9. The van der Waals surface area contributed by atoms with Gasteiger partial charge >= 0.3 is 0 Å². The summed E-state index contributed by atoms with van der Waals surface area (Å²) in [6.07, 6.45) is 4.29. The molecule has 1 rings (SSSR count). The lowest BCUT2D eigenvalue weighted by Crippen LogP contribution is -2.20. The summed E-state index contributed by atoms with van der Waals surface area (Å²) >= 11 is 5.56. The zero-order valence-corrected chi connectivity index (χ0v) is 13.9. The maximum Gasteiger partial charge on any atom is 0.0508 e. The highest BCUT2D eigenvalue weighted by atomic mass is 79.9. The molecule has 0 radical (unpaired) electrons. The van der Waals surface area contributed by atoms with Gasteiger partial charge in [0, 0.05) is 24.1 Å². The molecule has 0 saturated heterocycles. The molecular formula is C14H23BrN2S. The summed E-state index contributed by atoms with van der Waals surface area (Å²) in [5.41, 5.74) is 8.37. The van der Waals surface area contributed by atoms with Gasteiger partial charge in [0.25, 0.3) is 0 Å². The van der Waals surface area contributed by atoms with Gasteiger partial charge in [-0.05, 0) is 65.4 Å². The number of nitrogens with zero attached hydrogens (tertiary/aromatic N) is 1. The maximum absolute atomic E-state index is 5.83. The average molecular weight is 331 g/mol. The number of hydrogen-bond donors (Lipinski definition) is 1. The predicted molar refractivity (Wildman–Crippen MR) is 87.8 cm³/mol. The molecule has 1 unspecified atom stereocenters. The highest BCUT2D eigenvalue weighted by molar-refractivity contribution is 9.10. The Morgan fingerprint density at radius 1 is 1.44 bits per heavy atom. The second-order valence-electron chi connectivity index (χ2n) is 4.74. The van der Waals surface area contributed by atoms with Crippen LogP contribution in [0.4, 0.5) is 5.69 Å². The monoisotopic (exact) mass is 330 g/mol. The van der Waals surface area contributed by atoms with Crippen molar-refractivity contribution in [3.05, 3.63) is 28.2 Å². The summed E-state index contributed by atoms with van der Waals surface area (Å²) in [6, 6.07) is 6.75. The minimum atomic E-state index is 0.210. The first-order valence-corrected chi connectivity index (χ1v) is 8.47. The molecule has 0 fully saturated rings. The van der Waals surface area contributed by atoms with Crippen molar-refractivity contribution in [3.8, 4) is 0 Å². The average Bonchev–Trinajstić information content (AvgIpc) is 2.28. The molecule has 1 atom stereocenters. The quantitative estimate of drug-likeness (QED) is 0.775. The Balaban J connectivity index is 2.66. The molecule has 18 heavy (non-hydrogen) atoms. The molecular weight excluding hydrogens is 308 g/mol. The Kier molecular flexibility index (Phi) is 7.12. The van der Waals surface area contributed by atoms with Crippen LogP contribution in [0.5, 0.6) is 0 Å². The van der Waals surface area contributed by atoms with Crippen LogP contribution in [0.3, 0.4) is 0 Å². The van der Waals surface area contributed by atoms with Crippen LogP contribution >= 0.6 is 27.7 Å². The molecule has 0 bridgehead atoms. The van der Waals surface area contributed by atoms with Crippen molar-refractivity contribution >= 4 is 33.4 Å². The number of halogens is 1. The third-order valence-corrected chi connectivity index (χ3v) is 4.16. The zero-order valence-electron chi connectivity index (χ0n) is 11.4. The van der Waals surface area contributed by atoms with Gasteiger partial charge < -0.3 is 10.6 Å². The molecule has 0 amide bonds. The Labute approximate surface area is 123 Å². The number of rotatable bonds is 7. The van der Waals surface area contributed by atoms with E-state index in [0.717, 1.165) is 17.4 Å². The van der Waals surface area contributed by atoms with Crippen molar-refractivity contribution in [2.45, 2.75) is 25.8 Å². The summed E-state index contributed by atoms with van der Waals surface area (Å²) in [5.74, 6) is 1.21. The summed E-state index contributed by atoms with van der Waals surface area (Å²) < 4.78 is 1.16. The Morgan fingerprint density at radius 2 is 2.17 bits per heavy atom. The predicted octanol–water partition coefficient (Wildman–Crippen LogP) is 3.53. The van der Waals surface area contributed by atoms with Crippen molar-refractivity contribution in [2.24, 2.45) is 5.73 Å². The largest absolute Gasteiger partial charge is 0.374 e. The fourth-order valence-electron chi connectivity index (χ4n) is 1.93. The third-order valence-electron chi connectivity index (χ3n) is 2.82. The van der Waals surface area contributed by atoms with Crippen LogP contribution < -0.4 is 10.6 Å². The van der Waals surface area contributed by atoms with Crippen LogP contribution in [-0.2, 0) is 6.42 Å². The summed E-state index contributed by atoms with van der Waals surface area (Å²) in [5, 5.41) is 0. The van der Waals surface area contributed by atoms with Gasteiger partial charge in [-0.25, -0.2) is 0 Å². The van der Waals surface area contributed by atoms with Crippen molar-refractivity contribution in [3.63, 3.8) is 0 Å². The Hall–Kier alpha value is -0.190. The maximum atomic E-state index is 5.83. The van der Waals surface area contributed by atoms with E-state index in [1.165, 1.54) is 23.4 Å². The van der Waals surface area contributed by atoms with Gasteiger partial charge in [-0.3, -0.25) is 0 Å². The van der Waals surface area contributed by atoms with Crippen molar-refractivity contribution in [1.82, 2.24) is 0 Å². The molecule has 0 aliphatic rings. The SMILES string of the molecule is CSCCCN(C)c1ccc(CC(C)N)cc1Br. The van der Waals surface area contributed by atoms with E-state index in [1.54, 1.807) is 0 Å². The molecule has 0 saturated carbocycles. The minimum absolute atomic E-state index is 0.210. The van der Waals surface area contributed by atoms with E-state index in [9.17, 15) is 0 Å². The Bertz CT molecular complexity index is 369. The van der Waals surface area contributed by atoms with Crippen molar-refractivity contribution < 1.29 is 0 Å². The van der Waals surface area contributed by atoms with Crippen LogP contribution in [-0.4, -0.2) is 31.6 Å². The van der Waals surface area contributed by atoms with Crippen LogP contribution in [0.15, 0.2) is 22.7 Å². The molecule has 2 N–H and O–H groups in total. The lowest BCUT2D eigenvalue weighted by atomic mass is 10.1. The molecule has 0 aliphatic heterocycles.